The number of nitrogens with zero attached hydrogens (tertiary/aromatic N) is 1. The molecule has 8 heteroatoms. The lowest BCUT2D eigenvalue weighted by Gasteiger charge is -2.24. The SMILES string of the molecule is COc1ccc(NC(=O)Nc2cc(F)cc(OC(C)(C)OC)c2)cn1. The van der Waals surface area contributed by atoms with Crippen LogP contribution < -0.4 is 20.1 Å². The number of carbonyl (C=O) groups excluding carboxylic acids is 1. The van der Waals surface area contributed by atoms with Crippen molar-refractivity contribution >= 4 is 17.4 Å². The van der Waals surface area contributed by atoms with Gasteiger partial charge in [-0.2, -0.15) is 0 Å². The highest BCUT2D eigenvalue weighted by molar-refractivity contribution is 5.99. The summed E-state index contributed by atoms with van der Waals surface area (Å²) in [6.45, 7) is 3.38. The molecule has 1 aromatic heterocycles. The monoisotopic (exact) mass is 349 g/mol. The van der Waals surface area contributed by atoms with Crippen LogP contribution in [0.1, 0.15) is 13.8 Å². The first-order valence-electron chi connectivity index (χ1n) is 7.44. The zero-order valence-corrected chi connectivity index (χ0v) is 14.4. The summed E-state index contributed by atoms with van der Waals surface area (Å²) in [6, 6.07) is 6.57. The van der Waals surface area contributed by atoms with Gasteiger partial charge in [0.1, 0.15) is 11.6 Å². The van der Waals surface area contributed by atoms with Gasteiger partial charge in [-0.15, -0.1) is 0 Å². The molecule has 0 aliphatic rings. The standard InChI is InChI=1S/C17H20FN3O4/c1-17(2,24-4)25-14-8-11(18)7-13(9-14)21-16(22)20-12-5-6-15(23-3)19-10-12/h5-10H,1-4H3,(H2,20,21,22). The normalized spacial score (nSPS) is 10.9. The van der Waals surface area contributed by atoms with Crippen molar-refractivity contribution in [3.05, 3.63) is 42.3 Å². The predicted octanol–water partition coefficient (Wildman–Crippen LogP) is 3.63. The fraction of sp³-hybridized carbons (Fsp3) is 0.294. The molecule has 0 radical (unpaired) electrons. The summed E-state index contributed by atoms with van der Waals surface area (Å²) in [5.74, 6) is -0.819. The number of anilines is 2. The number of urea groups is 1. The van der Waals surface area contributed by atoms with Crippen molar-refractivity contribution in [1.29, 1.82) is 0 Å². The summed E-state index contributed by atoms with van der Waals surface area (Å²) in [5.41, 5.74) is 0.701. The third kappa shape index (κ3) is 5.61. The lowest BCUT2D eigenvalue weighted by atomic mass is 10.2. The minimum Gasteiger partial charge on any atom is -0.481 e. The molecule has 0 saturated carbocycles. The van der Waals surface area contributed by atoms with E-state index in [0.717, 1.165) is 0 Å². The molecule has 7 nitrogen and oxygen atoms in total. The Kier molecular flexibility index (Phi) is 5.76. The Bertz CT molecular complexity index is 735. The van der Waals surface area contributed by atoms with Gasteiger partial charge in [0.05, 0.1) is 19.0 Å². The highest BCUT2D eigenvalue weighted by Crippen LogP contribution is 2.24. The van der Waals surface area contributed by atoms with E-state index in [1.165, 1.54) is 38.6 Å². The van der Waals surface area contributed by atoms with E-state index in [1.54, 1.807) is 26.0 Å². The molecule has 134 valence electrons. The molecule has 2 aromatic rings. The lowest BCUT2D eigenvalue weighted by molar-refractivity contribution is -0.134. The lowest BCUT2D eigenvalue weighted by Crippen LogP contribution is -2.30. The number of amides is 2. The number of hydrogen-bond donors (Lipinski definition) is 2. The first-order valence-corrected chi connectivity index (χ1v) is 7.44. The molecule has 0 atom stereocenters. The predicted molar refractivity (Wildman–Crippen MR) is 91.5 cm³/mol. The molecule has 0 fully saturated rings. The van der Waals surface area contributed by atoms with Gasteiger partial charge in [0, 0.05) is 44.8 Å². The molecule has 0 aliphatic carbocycles. The molecule has 0 saturated heterocycles. The highest BCUT2D eigenvalue weighted by Gasteiger charge is 2.19. The fourth-order valence-electron chi connectivity index (χ4n) is 1.89. The Morgan fingerprint density at radius 3 is 2.44 bits per heavy atom. The maximum Gasteiger partial charge on any atom is 0.323 e. The summed E-state index contributed by atoms with van der Waals surface area (Å²) in [7, 11) is 2.98. The van der Waals surface area contributed by atoms with Crippen LogP contribution in [0.3, 0.4) is 0 Å². The van der Waals surface area contributed by atoms with Gasteiger partial charge in [0.25, 0.3) is 0 Å². The minimum atomic E-state index is -0.928. The van der Waals surface area contributed by atoms with Gasteiger partial charge >= 0.3 is 6.03 Å². The van der Waals surface area contributed by atoms with E-state index >= 15 is 0 Å². The van der Waals surface area contributed by atoms with E-state index in [9.17, 15) is 9.18 Å². The van der Waals surface area contributed by atoms with E-state index < -0.39 is 17.6 Å². The molecule has 0 aliphatic heterocycles. The zero-order valence-electron chi connectivity index (χ0n) is 14.4. The number of nitrogens with one attached hydrogen (secondary N) is 2. The van der Waals surface area contributed by atoms with Crippen LogP contribution in [0, 0.1) is 5.82 Å². The summed E-state index contributed by atoms with van der Waals surface area (Å²) in [6.07, 6.45) is 1.44. The van der Waals surface area contributed by atoms with Crippen LogP contribution in [0.4, 0.5) is 20.6 Å². The smallest absolute Gasteiger partial charge is 0.323 e. The number of hydrogen-bond acceptors (Lipinski definition) is 5. The third-order valence-electron chi connectivity index (χ3n) is 3.19. The molecule has 1 aromatic carbocycles. The Labute approximate surface area is 145 Å². The maximum atomic E-state index is 13.8. The summed E-state index contributed by atoms with van der Waals surface area (Å²) < 4.78 is 29.4. The van der Waals surface area contributed by atoms with Gasteiger partial charge in [-0.05, 0) is 12.1 Å². The molecule has 2 amide bonds. The number of benzene rings is 1. The van der Waals surface area contributed by atoms with Crippen LogP contribution in [0.25, 0.3) is 0 Å². The molecule has 1 heterocycles. The average Bonchev–Trinajstić information content (AvgIpc) is 2.54. The number of carbonyl (C=O) groups is 1. The second-order valence-corrected chi connectivity index (χ2v) is 5.55. The second-order valence-electron chi connectivity index (χ2n) is 5.55. The van der Waals surface area contributed by atoms with Crippen molar-refractivity contribution in [2.75, 3.05) is 24.9 Å². The van der Waals surface area contributed by atoms with Gasteiger partial charge in [-0.25, -0.2) is 14.2 Å². The molecule has 2 rings (SSSR count). The molecule has 0 bridgehead atoms. The van der Waals surface area contributed by atoms with Crippen molar-refractivity contribution in [3.8, 4) is 11.6 Å². The average molecular weight is 349 g/mol. The second kappa shape index (κ2) is 7.80. The molecule has 2 N–H and O–H groups in total. The van der Waals surface area contributed by atoms with Crippen LogP contribution in [-0.2, 0) is 4.74 Å². The number of ether oxygens (including phenoxy) is 3. The Hall–Kier alpha value is -2.87. The topological polar surface area (TPSA) is 81.7 Å². The van der Waals surface area contributed by atoms with E-state index in [1.807, 2.05) is 0 Å². The van der Waals surface area contributed by atoms with E-state index in [0.29, 0.717) is 11.6 Å². The minimum absolute atomic E-state index is 0.230. The first-order chi connectivity index (χ1) is 11.8. The molecular formula is C17H20FN3O4. The largest absolute Gasteiger partial charge is 0.481 e. The Morgan fingerprint density at radius 1 is 1.12 bits per heavy atom. The molecule has 25 heavy (non-hydrogen) atoms. The van der Waals surface area contributed by atoms with Crippen LogP contribution >= 0.6 is 0 Å². The highest BCUT2D eigenvalue weighted by atomic mass is 19.1. The van der Waals surface area contributed by atoms with Crippen LogP contribution in [-0.4, -0.2) is 31.0 Å². The number of aromatic nitrogens is 1. The number of halogens is 1. The van der Waals surface area contributed by atoms with E-state index in [-0.39, 0.29) is 11.4 Å². The van der Waals surface area contributed by atoms with Gasteiger partial charge < -0.3 is 24.8 Å². The van der Waals surface area contributed by atoms with E-state index in [2.05, 4.69) is 15.6 Å². The quantitative estimate of drug-likeness (QED) is 0.778. The Balaban J connectivity index is 2.05. The fourth-order valence-corrected chi connectivity index (χ4v) is 1.89. The number of methoxy groups -OCH3 is 2. The first kappa shape index (κ1) is 18.5. The van der Waals surface area contributed by atoms with Crippen molar-refractivity contribution in [3.63, 3.8) is 0 Å². The van der Waals surface area contributed by atoms with E-state index in [4.69, 9.17) is 14.2 Å². The van der Waals surface area contributed by atoms with Gasteiger partial charge in [0.15, 0.2) is 0 Å². The number of pyridine rings is 1. The molecule has 0 spiro atoms. The van der Waals surface area contributed by atoms with Crippen molar-refractivity contribution < 1.29 is 23.4 Å². The van der Waals surface area contributed by atoms with Gasteiger partial charge in [-0.1, -0.05) is 0 Å². The van der Waals surface area contributed by atoms with Gasteiger partial charge in [0.2, 0.25) is 11.7 Å². The Morgan fingerprint density at radius 2 is 1.84 bits per heavy atom. The van der Waals surface area contributed by atoms with Crippen LogP contribution in [0.5, 0.6) is 11.6 Å². The summed E-state index contributed by atoms with van der Waals surface area (Å²) in [5, 5.41) is 5.12. The van der Waals surface area contributed by atoms with Gasteiger partial charge in [-0.3, -0.25) is 0 Å². The van der Waals surface area contributed by atoms with Crippen molar-refractivity contribution in [2.24, 2.45) is 0 Å². The van der Waals surface area contributed by atoms with Crippen LogP contribution in [0.15, 0.2) is 36.5 Å². The molecular weight excluding hydrogens is 329 g/mol. The maximum absolute atomic E-state index is 13.8. The molecule has 0 unspecified atom stereocenters. The van der Waals surface area contributed by atoms with Crippen molar-refractivity contribution in [2.45, 2.75) is 19.6 Å². The summed E-state index contributed by atoms with van der Waals surface area (Å²) in [4.78, 5) is 16.0. The third-order valence-corrected chi connectivity index (χ3v) is 3.19. The van der Waals surface area contributed by atoms with Crippen molar-refractivity contribution in [1.82, 2.24) is 4.98 Å². The van der Waals surface area contributed by atoms with Crippen LogP contribution in [0.2, 0.25) is 0 Å². The number of rotatable bonds is 6. The zero-order chi connectivity index (χ0) is 18.4. The summed E-state index contributed by atoms with van der Waals surface area (Å²) >= 11 is 0.